The molecule has 33 heavy (non-hydrogen) atoms. The number of nitrogens with zero attached hydrogens (tertiary/aromatic N) is 3. The molecule has 1 aromatic carbocycles. The Bertz CT molecular complexity index is 1280. The van der Waals surface area contributed by atoms with Crippen molar-refractivity contribution in [2.24, 2.45) is 0 Å². The van der Waals surface area contributed by atoms with Crippen molar-refractivity contribution in [3.05, 3.63) is 59.4 Å². The maximum atomic E-state index is 12.7. The molecular formula is C22H21N5O4S2. The Hall–Kier alpha value is -3.57. The summed E-state index contributed by atoms with van der Waals surface area (Å²) in [6, 6.07) is 13.2. The highest BCUT2D eigenvalue weighted by molar-refractivity contribution is 7.99. The quantitative estimate of drug-likeness (QED) is 0.217. The van der Waals surface area contributed by atoms with E-state index in [-0.39, 0.29) is 18.3 Å². The number of thioether (sulfide) groups is 1. The van der Waals surface area contributed by atoms with E-state index in [2.05, 4.69) is 15.5 Å². The molecule has 3 N–H and O–H groups in total. The molecule has 11 heteroatoms. The highest BCUT2D eigenvalue weighted by Crippen LogP contribution is 2.35. The maximum Gasteiger partial charge on any atom is 0.350 e. The first-order valence-electron chi connectivity index (χ1n) is 10.0. The molecule has 9 nitrogen and oxygen atoms in total. The minimum atomic E-state index is -0.477. The molecule has 0 aliphatic rings. The van der Waals surface area contributed by atoms with Crippen molar-refractivity contribution in [3.63, 3.8) is 0 Å². The van der Waals surface area contributed by atoms with Gasteiger partial charge in [0.2, 0.25) is 11.1 Å². The normalized spacial score (nSPS) is 10.8. The fourth-order valence-corrected chi connectivity index (χ4v) is 4.74. The number of anilines is 1. The van der Waals surface area contributed by atoms with Gasteiger partial charge in [0.1, 0.15) is 10.6 Å². The van der Waals surface area contributed by atoms with Crippen LogP contribution < -0.4 is 11.2 Å². The van der Waals surface area contributed by atoms with E-state index in [4.69, 9.17) is 15.0 Å². The van der Waals surface area contributed by atoms with Crippen LogP contribution in [0.4, 0.5) is 5.69 Å². The number of carbonyl (C=O) groups excluding carboxylic acids is 2. The number of hydrogen-bond acceptors (Lipinski definition) is 9. The fourth-order valence-electron chi connectivity index (χ4n) is 3.07. The standard InChI is InChI=1S/C22H21N5O4S2/c1-3-30-21(29)19-16(11-17(33-19)14-7-5-4-6-8-14)24-18(28)12-32-22-26-25-20(27(22)23)15-9-10-31-13(15)2/h4-11H,3,12,23H2,1-2H3,(H,24,28). The number of aromatic nitrogens is 3. The van der Waals surface area contributed by atoms with E-state index in [0.717, 1.165) is 27.8 Å². The van der Waals surface area contributed by atoms with Gasteiger partial charge in [0.05, 0.1) is 29.9 Å². The molecular weight excluding hydrogens is 462 g/mol. The number of nitrogens with two attached hydrogens (primary N) is 1. The molecule has 3 heterocycles. The molecule has 0 fully saturated rings. The average molecular weight is 484 g/mol. The summed E-state index contributed by atoms with van der Waals surface area (Å²) in [5.41, 5.74) is 2.08. The Morgan fingerprint density at radius 3 is 2.73 bits per heavy atom. The monoisotopic (exact) mass is 483 g/mol. The number of benzene rings is 1. The zero-order chi connectivity index (χ0) is 23.4. The molecule has 0 bridgehead atoms. The number of nitrogens with one attached hydrogen (secondary N) is 1. The first-order valence-corrected chi connectivity index (χ1v) is 11.8. The molecule has 0 radical (unpaired) electrons. The molecule has 0 aliphatic carbocycles. The number of thiophene rings is 1. The number of amides is 1. The molecule has 4 rings (SSSR count). The number of esters is 1. The molecule has 0 saturated carbocycles. The zero-order valence-corrected chi connectivity index (χ0v) is 19.5. The number of nitrogen functional groups attached to an aromatic ring is 1. The van der Waals surface area contributed by atoms with Crippen LogP contribution in [0.15, 0.2) is 58.3 Å². The van der Waals surface area contributed by atoms with E-state index in [0.29, 0.717) is 27.3 Å². The Balaban J connectivity index is 1.48. The lowest BCUT2D eigenvalue weighted by molar-refractivity contribution is -0.113. The largest absolute Gasteiger partial charge is 0.469 e. The molecule has 0 saturated heterocycles. The van der Waals surface area contributed by atoms with Gasteiger partial charge in [0.25, 0.3) is 0 Å². The predicted octanol–water partition coefficient (Wildman–Crippen LogP) is 4.20. The van der Waals surface area contributed by atoms with E-state index in [1.54, 1.807) is 32.2 Å². The van der Waals surface area contributed by atoms with E-state index in [1.165, 1.54) is 16.0 Å². The van der Waals surface area contributed by atoms with Crippen LogP contribution in [0.3, 0.4) is 0 Å². The highest BCUT2D eigenvalue weighted by Gasteiger charge is 2.21. The lowest BCUT2D eigenvalue weighted by atomic mass is 10.2. The van der Waals surface area contributed by atoms with Gasteiger partial charge < -0.3 is 20.3 Å². The van der Waals surface area contributed by atoms with Crippen LogP contribution in [0.25, 0.3) is 21.8 Å². The molecule has 0 spiro atoms. The molecule has 3 aromatic heterocycles. The maximum absolute atomic E-state index is 12.7. The molecule has 0 atom stereocenters. The molecule has 1 amide bonds. The summed E-state index contributed by atoms with van der Waals surface area (Å²) >= 11 is 2.41. The Morgan fingerprint density at radius 1 is 1.24 bits per heavy atom. The average Bonchev–Trinajstić information content (AvgIpc) is 3.52. The van der Waals surface area contributed by atoms with Crippen molar-refractivity contribution in [3.8, 4) is 21.8 Å². The highest BCUT2D eigenvalue weighted by atomic mass is 32.2. The number of carbonyl (C=O) groups is 2. The Kier molecular flexibility index (Phi) is 6.80. The molecule has 4 aromatic rings. The second-order valence-corrected chi connectivity index (χ2v) is 8.84. The van der Waals surface area contributed by atoms with E-state index < -0.39 is 5.97 Å². The van der Waals surface area contributed by atoms with Gasteiger partial charge in [0.15, 0.2) is 5.82 Å². The van der Waals surface area contributed by atoms with Gasteiger partial charge in [-0.05, 0) is 31.5 Å². The van der Waals surface area contributed by atoms with Crippen LogP contribution in [-0.4, -0.2) is 39.1 Å². The van der Waals surface area contributed by atoms with Crippen molar-refractivity contribution in [2.75, 3.05) is 23.5 Å². The fraction of sp³-hybridized carbons (Fsp3) is 0.182. The van der Waals surface area contributed by atoms with Crippen LogP contribution in [0.5, 0.6) is 0 Å². The Morgan fingerprint density at radius 2 is 2.03 bits per heavy atom. The predicted molar refractivity (Wildman–Crippen MR) is 128 cm³/mol. The first-order chi connectivity index (χ1) is 16.0. The van der Waals surface area contributed by atoms with E-state index in [9.17, 15) is 9.59 Å². The van der Waals surface area contributed by atoms with Gasteiger partial charge in [-0.25, -0.2) is 9.47 Å². The summed E-state index contributed by atoms with van der Waals surface area (Å²) in [6.45, 7) is 3.78. The third kappa shape index (κ3) is 4.94. The van der Waals surface area contributed by atoms with Gasteiger partial charge in [-0.15, -0.1) is 21.5 Å². The zero-order valence-electron chi connectivity index (χ0n) is 17.9. The summed E-state index contributed by atoms with van der Waals surface area (Å²) in [7, 11) is 0. The lowest BCUT2D eigenvalue weighted by Crippen LogP contribution is -2.17. The van der Waals surface area contributed by atoms with Crippen LogP contribution in [-0.2, 0) is 9.53 Å². The number of rotatable bonds is 8. The summed E-state index contributed by atoms with van der Waals surface area (Å²) in [6.07, 6.45) is 1.55. The lowest BCUT2D eigenvalue weighted by Gasteiger charge is -2.06. The van der Waals surface area contributed by atoms with Crippen LogP contribution in [0, 0.1) is 6.92 Å². The minimum Gasteiger partial charge on any atom is -0.469 e. The van der Waals surface area contributed by atoms with Crippen molar-refractivity contribution < 1.29 is 18.7 Å². The molecule has 0 aliphatic heterocycles. The van der Waals surface area contributed by atoms with Gasteiger partial charge in [-0.2, -0.15) is 0 Å². The Labute approximate surface area is 197 Å². The molecule has 0 unspecified atom stereocenters. The smallest absolute Gasteiger partial charge is 0.350 e. The van der Waals surface area contributed by atoms with Gasteiger partial charge in [-0.1, -0.05) is 42.1 Å². The van der Waals surface area contributed by atoms with Gasteiger partial charge in [-0.3, -0.25) is 4.79 Å². The third-order valence-electron chi connectivity index (χ3n) is 4.62. The summed E-state index contributed by atoms with van der Waals surface area (Å²) in [4.78, 5) is 26.3. The number of ether oxygens (including phenoxy) is 1. The summed E-state index contributed by atoms with van der Waals surface area (Å²) in [5, 5.41) is 11.3. The van der Waals surface area contributed by atoms with Crippen molar-refractivity contribution >= 4 is 40.7 Å². The topological polar surface area (TPSA) is 125 Å². The van der Waals surface area contributed by atoms with E-state index in [1.807, 2.05) is 30.3 Å². The summed E-state index contributed by atoms with van der Waals surface area (Å²) < 4.78 is 11.8. The van der Waals surface area contributed by atoms with Crippen LogP contribution in [0.2, 0.25) is 0 Å². The number of furan rings is 1. The van der Waals surface area contributed by atoms with Crippen molar-refractivity contribution in [1.82, 2.24) is 14.9 Å². The van der Waals surface area contributed by atoms with Crippen molar-refractivity contribution in [2.45, 2.75) is 19.0 Å². The second kappa shape index (κ2) is 9.92. The minimum absolute atomic E-state index is 0.0263. The third-order valence-corrected chi connectivity index (χ3v) is 6.73. The number of aryl methyl sites for hydroxylation is 1. The van der Waals surface area contributed by atoms with Crippen LogP contribution in [0.1, 0.15) is 22.4 Å². The van der Waals surface area contributed by atoms with Gasteiger partial charge in [0, 0.05) is 4.88 Å². The second-order valence-electron chi connectivity index (χ2n) is 6.84. The summed E-state index contributed by atoms with van der Waals surface area (Å²) in [5.74, 6) is 6.45. The first kappa shape index (κ1) is 22.6. The van der Waals surface area contributed by atoms with E-state index >= 15 is 0 Å². The SMILES string of the molecule is CCOC(=O)c1sc(-c2ccccc2)cc1NC(=O)CSc1nnc(-c2ccoc2C)n1N. The number of hydrogen-bond donors (Lipinski definition) is 2. The van der Waals surface area contributed by atoms with Crippen molar-refractivity contribution in [1.29, 1.82) is 0 Å². The van der Waals surface area contributed by atoms with Gasteiger partial charge >= 0.3 is 5.97 Å². The van der Waals surface area contributed by atoms with Crippen LogP contribution >= 0.6 is 23.1 Å². The molecule has 170 valence electrons.